The van der Waals surface area contributed by atoms with Crippen LogP contribution in [-0.2, 0) is 16.0 Å². The molecule has 1 fully saturated rings. The number of carbonyl (C=O) groups excluding carboxylic acids is 1. The smallest absolute Gasteiger partial charge is 0.248 e. The quantitative estimate of drug-likeness (QED) is 0.871. The van der Waals surface area contributed by atoms with Gasteiger partial charge in [0.2, 0.25) is 5.91 Å². The van der Waals surface area contributed by atoms with E-state index < -0.39 is 0 Å². The second-order valence-electron chi connectivity index (χ2n) is 6.07. The molecular formula is C17H26N2O2. The topological polar surface area (TPSA) is 41.6 Å². The molecule has 4 nitrogen and oxygen atoms in total. The maximum Gasteiger partial charge on any atom is 0.248 e. The van der Waals surface area contributed by atoms with Gasteiger partial charge in [-0.2, -0.15) is 0 Å². The lowest BCUT2D eigenvalue weighted by atomic mass is 9.99. The van der Waals surface area contributed by atoms with Crippen LogP contribution in [0, 0.1) is 5.92 Å². The molecule has 4 heteroatoms. The Morgan fingerprint density at radius 1 is 1.29 bits per heavy atom. The molecule has 1 atom stereocenters. The van der Waals surface area contributed by atoms with Crippen LogP contribution in [0.2, 0.25) is 0 Å². The highest BCUT2D eigenvalue weighted by Crippen LogP contribution is 2.17. The van der Waals surface area contributed by atoms with E-state index in [2.05, 4.69) is 43.4 Å². The summed E-state index contributed by atoms with van der Waals surface area (Å²) in [4.78, 5) is 13.7. The number of benzene rings is 1. The highest BCUT2D eigenvalue weighted by atomic mass is 16.5. The van der Waals surface area contributed by atoms with Crippen molar-refractivity contribution in [3.8, 4) is 0 Å². The summed E-state index contributed by atoms with van der Waals surface area (Å²) in [6.07, 6.45) is 1.10. The van der Waals surface area contributed by atoms with E-state index in [9.17, 15) is 4.79 Å². The Hall–Kier alpha value is -1.39. The average molecular weight is 290 g/mol. The van der Waals surface area contributed by atoms with Gasteiger partial charge < -0.3 is 15.0 Å². The molecule has 1 aromatic rings. The Bertz CT molecular complexity index is 456. The van der Waals surface area contributed by atoms with E-state index in [1.807, 2.05) is 11.9 Å². The normalized spacial score (nSPS) is 17.3. The van der Waals surface area contributed by atoms with Gasteiger partial charge in [-0.3, -0.25) is 4.79 Å². The van der Waals surface area contributed by atoms with Gasteiger partial charge in [-0.05, 0) is 30.5 Å². The third-order valence-corrected chi connectivity index (χ3v) is 3.86. The van der Waals surface area contributed by atoms with E-state index >= 15 is 0 Å². The van der Waals surface area contributed by atoms with Crippen molar-refractivity contribution in [2.75, 3.05) is 33.4 Å². The van der Waals surface area contributed by atoms with Crippen LogP contribution < -0.4 is 5.32 Å². The largest absolute Gasteiger partial charge is 0.370 e. The van der Waals surface area contributed by atoms with Crippen molar-refractivity contribution in [1.82, 2.24) is 10.2 Å². The van der Waals surface area contributed by atoms with E-state index in [1.165, 1.54) is 11.1 Å². The highest BCUT2D eigenvalue weighted by Gasteiger charge is 2.22. The lowest BCUT2D eigenvalue weighted by molar-refractivity contribution is -0.143. The highest BCUT2D eigenvalue weighted by molar-refractivity contribution is 5.78. The maximum atomic E-state index is 11.8. The fourth-order valence-corrected chi connectivity index (χ4v) is 2.68. The predicted molar refractivity (Wildman–Crippen MR) is 84.2 cm³/mol. The summed E-state index contributed by atoms with van der Waals surface area (Å²) in [5, 5.41) is 3.31. The van der Waals surface area contributed by atoms with Gasteiger partial charge in [-0.15, -0.1) is 0 Å². The standard InChI is InChI=1S/C17H26N2O2/c1-13(2)10-14-4-6-15(7-5-14)16(18-3)11-19-8-9-21-12-17(19)20/h4-7,13,16,18H,8-12H2,1-3H3. The van der Waals surface area contributed by atoms with Crippen LogP contribution in [0.25, 0.3) is 0 Å². The molecule has 1 unspecified atom stereocenters. The summed E-state index contributed by atoms with van der Waals surface area (Å²) in [5.41, 5.74) is 2.59. The van der Waals surface area contributed by atoms with Crippen molar-refractivity contribution < 1.29 is 9.53 Å². The number of rotatable bonds is 6. The van der Waals surface area contributed by atoms with Crippen molar-refractivity contribution in [3.05, 3.63) is 35.4 Å². The van der Waals surface area contributed by atoms with Gasteiger partial charge in [0, 0.05) is 19.1 Å². The fraction of sp³-hybridized carbons (Fsp3) is 0.588. The average Bonchev–Trinajstić information content (AvgIpc) is 2.47. The zero-order valence-electron chi connectivity index (χ0n) is 13.3. The van der Waals surface area contributed by atoms with Gasteiger partial charge in [0.25, 0.3) is 0 Å². The van der Waals surface area contributed by atoms with Gasteiger partial charge in [-0.25, -0.2) is 0 Å². The molecule has 0 radical (unpaired) electrons. The molecular weight excluding hydrogens is 264 g/mol. The fourth-order valence-electron chi connectivity index (χ4n) is 2.68. The summed E-state index contributed by atoms with van der Waals surface area (Å²) < 4.78 is 5.17. The number of ether oxygens (including phenoxy) is 1. The molecule has 1 amide bonds. The summed E-state index contributed by atoms with van der Waals surface area (Å²) in [5.74, 6) is 0.750. The number of hydrogen-bond donors (Lipinski definition) is 1. The molecule has 0 spiro atoms. The minimum atomic E-state index is 0.0814. The minimum Gasteiger partial charge on any atom is -0.370 e. The minimum absolute atomic E-state index is 0.0814. The Morgan fingerprint density at radius 3 is 2.57 bits per heavy atom. The second-order valence-corrected chi connectivity index (χ2v) is 6.07. The molecule has 0 aromatic heterocycles. The van der Waals surface area contributed by atoms with Gasteiger partial charge in [0.05, 0.1) is 6.61 Å². The molecule has 2 rings (SSSR count). The summed E-state index contributed by atoms with van der Waals surface area (Å²) in [6, 6.07) is 8.90. The Balaban J connectivity index is 2.01. The first-order chi connectivity index (χ1) is 10.1. The van der Waals surface area contributed by atoms with Gasteiger partial charge in [0.15, 0.2) is 0 Å². The molecule has 0 saturated carbocycles. The van der Waals surface area contributed by atoms with E-state index in [0.717, 1.165) is 6.42 Å². The first-order valence-corrected chi connectivity index (χ1v) is 7.71. The Labute approximate surface area is 127 Å². The first kappa shape index (κ1) is 16.0. The number of morpholine rings is 1. The number of nitrogens with zero attached hydrogens (tertiary/aromatic N) is 1. The van der Waals surface area contributed by atoms with E-state index in [1.54, 1.807) is 0 Å². The van der Waals surface area contributed by atoms with Crippen LogP contribution in [0.4, 0.5) is 0 Å². The Morgan fingerprint density at radius 2 is 2.00 bits per heavy atom. The maximum absolute atomic E-state index is 11.8. The van der Waals surface area contributed by atoms with Crippen molar-refractivity contribution in [2.45, 2.75) is 26.3 Å². The van der Waals surface area contributed by atoms with Crippen LogP contribution in [0.15, 0.2) is 24.3 Å². The van der Waals surface area contributed by atoms with Crippen molar-refractivity contribution in [1.29, 1.82) is 0 Å². The number of amides is 1. The molecule has 116 valence electrons. The van der Waals surface area contributed by atoms with Crippen LogP contribution >= 0.6 is 0 Å². The third-order valence-electron chi connectivity index (χ3n) is 3.86. The molecule has 0 aliphatic carbocycles. The zero-order chi connectivity index (χ0) is 15.2. The van der Waals surface area contributed by atoms with Gasteiger partial charge >= 0.3 is 0 Å². The van der Waals surface area contributed by atoms with Crippen LogP contribution in [0.5, 0.6) is 0 Å². The number of hydrogen-bond acceptors (Lipinski definition) is 3. The molecule has 1 aromatic carbocycles. The van der Waals surface area contributed by atoms with E-state index in [4.69, 9.17) is 4.74 Å². The van der Waals surface area contributed by atoms with Gasteiger partial charge in [-0.1, -0.05) is 38.1 Å². The molecule has 1 aliphatic rings. The van der Waals surface area contributed by atoms with E-state index in [-0.39, 0.29) is 18.6 Å². The lowest BCUT2D eigenvalue weighted by Gasteiger charge is -2.30. The Kier molecular flexibility index (Phi) is 5.76. The van der Waals surface area contributed by atoms with Crippen LogP contribution in [0.3, 0.4) is 0 Å². The van der Waals surface area contributed by atoms with Crippen molar-refractivity contribution in [3.63, 3.8) is 0 Å². The second kappa shape index (κ2) is 7.57. The summed E-state index contributed by atoms with van der Waals surface area (Å²) in [6.45, 7) is 6.69. The molecule has 1 heterocycles. The lowest BCUT2D eigenvalue weighted by Crippen LogP contribution is -2.45. The molecule has 21 heavy (non-hydrogen) atoms. The SMILES string of the molecule is CNC(CN1CCOCC1=O)c1ccc(CC(C)C)cc1. The van der Waals surface area contributed by atoms with Gasteiger partial charge in [0.1, 0.15) is 6.61 Å². The van der Waals surface area contributed by atoms with Crippen molar-refractivity contribution in [2.24, 2.45) is 5.92 Å². The van der Waals surface area contributed by atoms with E-state index in [0.29, 0.717) is 25.6 Å². The van der Waals surface area contributed by atoms with Crippen molar-refractivity contribution >= 4 is 5.91 Å². The molecule has 0 bridgehead atoms. The molecule has 1 saturated heterocycles. The third kappa shape index (κ3) is 4.55. The molecule has 1 N–H and O–H groups in total. The number of nitrogens with one attached hydrogen (secondary N) is 1. The predicted octanol–water partition coefficient (Wildman–Crippen LogP) is 2.00. The number of likely N-dealkylation sites (N-methyl/N-ethyl adjacent to an activating group) is 1. The zero-order valence-corrected chi connectivity index (χ0v) is 13.3. The summed E-state index contributed by atoms with van der Waals surface area (Å²) in [7, 11) is 1.94. The van der Waals surface area contributed by atoms with Crippen LogP contribution in [-0.4, -0.2) is 44.2 Å². The molecule has 1 aliphatic heterocycles. The number of carbonyl (C=O) groups is 1. The van der Waals surface area contributed by atoms with Crippen LogP contribution in [0.1, 0.15) is 31.0 Å². The first-order valence-electron chi connectivity index (χ1n) is 7.71. The monoisotopic (exact) mass is 290 g/mol. The summed E-state index contributed by atoms with van der Waals surface area (Å²) >= 11 is 0.